The molecule has 2 aromatic rings. The van der Waals surface area contributed by atoms with Crippen LogP contribution in [-0.4, -0.2) is 60.0 Å². The molecule has 1 atom stereocenters. The van der Waals surface area contributed by atoms with Crippen LogP contribution >= 0.6 is 0 Å². The van der Waals surface area contributed by atoms with Gasteiger partial charge in [-0.1, -0.05) is 0 Å². The summed E-state index contributed by atoms with van der Waals surface area (Å²) in [6, 6.07) is 13.7. The number of quaternary nitrogens is 1. The van der Waals surface area contributed by atoms with Crippen molar-refractivity contribution >= 4 is 17.3 Å². The second-order valence-electron chi connectivity index (χ2n) is 7.18. The van der Waals surface area contributed by atoms with Crippen molar-refractivity contribution in [2.24, 2.45) is 0 Å². The van der Waals surface area contributed by atoms with Gasteiger partial charge in [0.2, 0.25) is 0 Å². The average molecular weight is 400 g/mol. The highest BCUT2D eigenvalue weighted by Crippen LogP contribution is 2.24. The van der Waals surface area contributed by atoms with Gasteiger partial charge < -0.3 is 29.3 Å². The van der Waals surface area contributed by atoms with Crippen molar-refractivity contribution in [1.29, 1.82) is 0 Å². The van der Waals surface area contributed by atoms with Crippen LogP contribution < -0.4 is 24.6 Å². The topological polar surface area (TPSA) is 64.5 Å². The molecule has 0 radical (unpaired) electrons. The maximum Gasteiger partial charge on any atom is 0.279 e. The van der Waals surface area contributed by atoms with Gasteiger partial charge in [0.05, 0.1) is 34.5 Å². The van der Waals surface area contributed by atoms with Gasteiger partial charge in [-0.15, -0.1) is 0 Å². The van der Waals surface area contributed by atoms with Crippen molar-refractivity contribution in [2.45, 2.75) is 6.54 Å². The Morgan fingerprint density at radius 1 is 1.10 bits per heavy atom. The molecule has 0 saturated carbocycles. The number of nitrogens with zero attached hydrogens (tertiary/aromatic N) is 1. The fraction of sp³-hybridized carbons (Fsp3) is 0.409. The highest BCUT2D eigenvalue weighted by molar-refractivity contribution is 5.91. The number of rotatable bonds is 8. The number of carbonyl (C=O) groups excluding carboxylic acids is 1. The van der Waals surface area contributed by atoms with E-state index in [9.17, 15) is 4.79 Å². The number of benzene rings is 2. The van der Waals surface area contributed by atoms with E-state index >= 15 is 0 Å². The maximum atomic E-state index is 12.4. The zero-order chi connectivity index (χ0) is 20.6. The van der Waals surface area contributed by atoms with E-state index in [0.717, 1.165) is 59.6 Å². The number of hydrogen-bond acceptors (Lipinski definition) is 5. The molecule has 0 bridgehead atoms. The molecule has 156 valence electrons. The van der Waals surface area contributed by atoms with Gasteiger partial charge in [-0.05, 0) is 36.4 Å². The molecule has 3 rings (SSSR count). The molecule has 1 saturated heterocycles. The molecule has 0 spiro atoms. The third-order valence-corrected chi connectivity index (χ3v) is 4.98. The summed E-state index contributed by atoms with van der Waals surface area (Å²) in [5.74, 6) is 1.50. The average Bonchev–Trinajstić information content (AvgIpc) is 2.75. The quantitative estimate of drug-likeness (QED) is 0.697. The van der Waals surface area contributed by atoms with Crippen LogP contribution in [0.2, 0.25) is 0 Å². The standard InChI is InChI=1S/C22H29N3O4/c1-24(15-17-4-9-20(27-2)14-21(17)28-3)16-22(26)23-18-5-7-19(8-6-18)25-10-12-29-13-11-25/h4-9,14H,10-13,15-16H2,1-3H3,(H,23,26)/p+1. The van der Waals surface area contributed by atoms with Crippen LogP contribution in [0.3, 0.4) is 0 Å². The molecule has 0 aliphatic carbocycles. The summed E-state index contributed by atoms with van der Waals surface area (Å²) in [7, 11) is 5.26. The van der Waals surface area contributed by atoms with E-state index < -0.39 is 0 Å². The molecule has 7 nitrogen and oxygen atoms in total. The minimum absolute atomic E-state index is 0.0194. The van der Waals surface area contributed by atoms with Gasteiger partial charge in [-0.3, -0.25) is 4.79 Å². The normalized spacial score (nSPS) is 14.9. The van der Waals surface area contributed by atoms with E-state index in [1.165, 1.54) is 0 Å². The lowest BCUT2D eigenvalue weighted by Gasteiger charge is -2.28. The van der Waals surface area contributed by atoms with Crippen LogP contribution in [0.4, 0.5) is 11.4 Å². The maximum absolute atomic E-state index is 12.4. The smallest absolute Gasteiger partial charge is 0.279 e. The fourth-order valence-corrected chi connectivity index (χ4v) is 3.44. The summed E-state index contributed by atoms with van der Waals surface area (Å²) in [4.78, 5) is 15.8. The molecule has 2 aromatic carbocycles. The Morgan fingerprint density at radius 2 is 1.83 bits per heavy atom. The van der Waals surface area contributed by atoms with E-state index in [0.29, 0.717) is 13.1 Å². The van der Waals surface area contributed by atoms with E-state index in [1.807, 2.05) is 49.5 Å². The molecule has 7 heteroatoms. The summed E-state index contributed by atoms with van der Waals surface area (Å²) in [6.45, 7) is 4.35. The monoisotopic (exact) mass is 400 g/mol. The van der Waals surface area contributed by atoms with Crippen LogP contribution in [-0.2, 0) is 16.1 Å². The Balaban J connectivity index is 1.52. The van der Waals surface area contributed by atoms with Crippen molar-refractivity contribution < 1.29 is 23.9 Å². The Bertz CT molecular complexity index is 804. The van der Waals surface area contributed by atoms with Gasteiger partial charge >= 0.3 is 0 Å². The lowest BCUT2D eigenvalue weighted by atomic mass is 10.2. The first-order valence-corrected chi connectivity index (χ1v) is 9.84. The Labute approximate surface area is 172 Å². The summed E-state index contributed by atoms with van der Waals surface area (Å²) in [5.41, 5.74) is 3.00. The van der Waals surface area contributed by atoms with Crippen LogP contribution in [0.5, 0.6) is 11.5 Å². The number of carbonyl (C=O) groups is 1. The van der Waals surface area contributed by atoms with Crippen molar-refractivity contribution in [3.63, 3.8) is 0 Å². The Kier molecular flexibility index (Phi) is 7.32. The molecule has 1 heterocycles. The highest BCUT2D eigenvalue weighted by Gasteiger charge is 2.15. The molecule has 29 heavy (non-hydrogen) atoms. The Hall–Kier alpha value is -2.77. The zero-order valence-corrected chi connectivity index (χ0v) is 17.4. The van der Waals surface area contributed by atoms with E-state index in [4.69, 9.17) is 14.2 Å². The van der Waals surface area contributed by atoms with Gasteiger partial charge in [0.25, 0.3) is 5.91 Å². The van der Waals surface area contributed by atoms with Crippen LogP contribution in [0.1, 0.15) is 5.56 Å². The molecular formula is C22H30N3O4+. The molecule has 2 N–H and O–H groups in total. The first kappa shape index (κ1) is 21.0. The summed E-state index contributed by atoms with van der Waals surface area (Å²) in [6.07, 6.45) is 0. The lowest BCUT2D eigenvalue weighted by molar-refractivity contribution is -0.885. The van der Waals surface area contributed by atoms with Crippen LogP contribution in [0.15, 0.2) is 42.5 Å². The SMILES string of the molecule is COc1ccc(C[NH+](C)CC(=O)Nc2ccc(N3CCOCC3)cc2)c(OC)c1. The largest absolute Gasteiger partial charge is 0.497 e. The summed E-state index contributed by atoms with van der Waals surface area (Å²) in [5, 5.41) is 2.98. The second kappa shape index (κ2) is 10.1. The summed E-state index contributed by atoms with van der Waals surface area (Å²) < 4.78 is 16.1. The molecule has 1 amide bonds. The second-order valence-corrected chi connectivity index (χ2v) is 7.18. The first-order valence-electron chi connectivity index (χ1n) is 9.84. The number of ether oxygens (including phenoxy) is 3. The van der Waals surface area contributed by atoms with Crippen molar-refractivity contribution in [3.8, 4) is 11.5 Å². The molecular weight excluding hydrogens is 370 g/mol. The van der Waals surface area contributed by atoms with Crippen molar-refractivity contribution in [1.82, 2.24) is 0 Å². The predicted octanol–water partition coefficient (Wildman–Crippen LogP) is 1.19. The number of likely N-dealkylation sites (N-methyl/N-ethyl adjacent to an activating group) is 1. The van der Waals surface area contributed by atoms with Gasteiger partial charge in [0, 0.05) is 36.1 Å². The van der Waals surface area contributed by atoms with Gasteiger partial charge in [-0.2, -0.15) is 0 Å². The molecule has 1 fully saturated rings. The summed E-state index contributed by atoms with van der Waals surface area (Å²) >= 11 is 0. The van der Waals surface area contributed by atoms with Crippen LogP contribution in [0.25, 0.3) is 0 Å². The number of methoxy groups -OCH3 is 2. The minimum Gasteiger partial charge on any atom is -0.497 e. The van der Waals surface area contributed by atoms with Gasteiger partial charge in [0.15, 0.2) is 6.54 Å². The molecule has 1 unspecified atom stereocenters. The van der Waals surface area contributed by atoms with E-state index in [1.54, 1.807) is 14.2 Å². The van der Waals surface area contributed by atoms with Crippen molar-refractivity contribution in [2.75, 3.05) is 64.3 Å². The molecule has 0 aromatic heterocycles. The predicted molar refractivity (Wildman–Crippen MR) is 113 cm³/mol. The number of amides is 1. The van der Waals surface area contributed by atoms with E-state index in [2.05, 4.69) is 10.2 Å². The molecule has 1 aliphatic rings. The van der Waals surface area contributed by atoms with Gasteiger partial charge in [-0.25, -0.2) is 0 Å². The number of anilines is 2. The van der Waals surface area contributed by atoms with E-state index in [-0.39, 0.29) is 5.91 Å². The third kappa shape index (κ3) is 5.85. The first-order chi connectivity index (χ1) is 14.1. The van der Waals surface area contributed by atoms with Crippen molar-refractivity contribution in [3.05, 3.63) is 48.0 Å². The van der Waals surface area contributed by atoms with Gasteiger partial charge in [0.1, 0.15) is 18.0 Å². The fourth-order valence-electron chi connectivity index (χ4n) is 3.44. The number of nitrogens with one attached hydrogen (secondary N) is 2. The zero-order valence-electron chi connectivity index (χ0n) is 17.4. The minimum atomic E-state index is -0.0194. The van der Waals surface area contributed by atoms with Crippen LogP contribution in [0, 0.1) is 0 Å². The number of hydrogen-bond donors (Lipinski definition) is 2. The Morgan fingerprint density at radius 3 is 2.48 bits per heavy atom. The highest BCUT2D eigenvalue weighted by atomic mass is 16.5. The lowest BCUT2D eigenvalue weighted by Crippen LogP contribution is -3.08. The number of morpholine rings is 1. The molecule has 1 aliphatic heterocycles. The third-order valence-electron chi connectivity index (χ3n) is 4.98.